The minimum atomic E-state index is -0.739. The van der Waals surface area contributed by atoms with E-state index in [4.69, 9.17) is 24.6 Å². The summed E-state index contributed by atoms with van der Waals surface area (Å²) in [5.41, 5.74) is -0.772. The summed E-state index contributed by atoms with van der Waals surface area (Å²) in [4.78, 5) is 45.6. The number of carbonyl (C=O) groups is 1. The first-order chi connectivity index (χ1) is 29.9. The van der Waals surface area contributed by atoms with Crippen molar-refractivity contribution in [3.05, 3.63) is 0 Å². The van der Waals surface area contributed by atoms with Crippen molar-refractivity contribution in [2.75, 3.05) is 48.0 Å². The Balaban J connectivity index is 1.97. The van der Waals surface area contributed by atoms with E-state index >= 15 is 0 Å². The number of unbranched alkanes of at least 4 members (excludes halogenated alkanes) is 14. The Morgan fingerprint density at radius 1 is 0.556 bits per heavy atom. The number of hydrogen-bond acceptors (Lipinski definition) is 11. The molecule has 63 heavy (non-hydrogen) atoms. The molecule has 3 rings (SSSR count). The Kier molecular flexibility index (Phi) is 23.9. The van der Waals surface area contributed by atoms with Crippen LogP contribution in [0.15, 0.2) is 0 Å². The van der Waals surface area contributed by atoms with E-state index in [0.717, 1.165) is 115 Å². The maximum atomic E-state index is 11.2. The van der Waals surface area contributed by atoms with Crippen LogP contribution >= 0.6 is 0 Å². The fraction of sp³-hybridized carbons (Fsp3) is 0.922. The van der Waals surface area contributed by atoms with Gasteiger partial charge in [-0.25, -0.2) is 0 Å². The van der Waals surface area contributed by atoms with Crippen LogP contribution in [0.3, 0.4) is 0 Å². The van der Waals surface area contributed by atoms with Crippen LogP contribution < -0.4 is 15.1 Å². The summed E-state index contributed by atoms with van der Waals surface area (Å²) in [6, 6.07) is 0.423. The second-order valence-corrected chi connectivity index (χ2v) is 21.6. The number of hydroxylamine groups is 4. The summed E-state index contributed by atoms with van der Waals surface area (Å²) in [6.07, 6.45) is 25.5. The zero-order chi connectivity index (χ0) is 46.5. The molecule has 3 heterocycles. The summed E-state index contributed by atoms with van der Waals surface area (Å²) < 4.78 is 0. The smallest absolute Gasteiger partial charge is 0.303 e. The highest BCUT2D eigenvalue weighted by Crippen LogP contribution is 2.44. The third kappa shape index (κ3) is 18.1. The average molecular weight is 887 g/mol. The van der Waals surface area contributed by atoms with Gasteiger partial charge in [-0.2, -0.15) is 25.1 Å². The summed E-state index contributed by atoms with van der Waals surface area (Å²) in [5, 5.41) is 17.4. The number of carboxylic acid groups (broad SMARTS) is 1. The number of aromatic nitrogens is 3. The third-order valence-corrected chi connectivity index (χ3v) is 13.4. The standard InChI is InChI=1S/C51H98N8O4/c1-13-17-21-23-25-30-36-62-58-48(5,6)38-42(39-49(58,7)8)56(34-19-15-3)46-53-45(52-33-29-27-28-32-44(60)61)54-47(55-46)57(35-20-16-4)43-40-50(9,10)59(51(11,12)41-43)63-37-31-26-24-22-18-14-2/h42-43H,13-41H2,1-12H3,(H,60,61)(H,52,53,54,55). The van der Waals surface area contributed by atoms with E-state index in [0.29, 0.717) is 18.9 Å². The Hall–Kier alpha value is -2.28. The molecule has 12 nitrogen and oxygen atoms in total. The van der Waals surface area contributed by atoms with Crippen molar-refractivity contribution in [1.29, 1.82) is 0 Å². The molecule has 1 aromatic heterocycles. The summed E-state index contributed by atoms with van der Waals surface area (Å²) in [6.45, 7) is 31.8. The van der Waals surface area contributed by atoms with Gasteiger partial charge in [0.1, 0.15) is 0 Å². The van der Waals surface area contributed by atoms with Crippen LogP contribution in [0.25, 0.3) is 0 Å². The minimum Gasteiger partial charge on any atom is -0.481 e. The van der Waals surface area contributed by atoms with Gasteiger partial charge >= 0.3 is 5.97 Å². The molecule has 0 bridgehead atoms. The molecule has 0 aromatic carbocycles. The largest absolute Gasteiger partial charge is 0.481 e. The van der Waals surface area contributed by atoms with Crippen molar-refractivity contribution >= 4 is 23.8 Å². The van der Waals surface area contributed by atoms with Gasteiger partial charge in [-0.1, -0.05) is 111 Å². The molecule has 0 radical (unpaired) electrons. The Morgan fingerprint density at radius 3 is 1.30 bits per heavy atom. The number of nitrogens with one attached hydrogen (secondary N) is 1. The van der Waals surface area contributed by atoms with Crippen molar-refractivity contribution in [3.8, 4) is 0 Å². The van der Waals surface area contributed by atoms with E-state index in [1.807, 2.05) is 0 Å². The van der Waals surface area contributed by atoms with Crippen molar-refractivity contribution in [1.82, 2.24) is 25.1 Å². The van der Waals surface area contributed by atoms with E-state index in [2.05, 4.69) is 108 Å². The van der Waals surface area contributed by atoms with Crippen LogP contribution in [0, 0.1) is 0 Å². The highest BCUT2D eigenvalue weighted by molar-refractivity contribution is 5.66. The van der Waals surface area contributed by atoms with E-state index in [-0.39, 0.29) is 40.7 Å². The van der Waals surface area contributed by atoms with Gasteiger partial charge in [-0.15, -0.1) is 0 Å². The van der Waals surface area contributed by atoms with Crippen LogP contribution in [-0.2, 0) is 14.5 Å². The van der Waals surface area contributed by atoms with Crippen molar-refractivity contribution in [2.24, 2.45) is 0 Å². The molecule has 0 spiro atoms. The average Bonchev–Trinajstić information content (AvgIpc) is 3.19. The molecule has 0 aliphatic carbocycles. The third-order valence-electron chi connectivity index (χ3n) is 13.4. The normalized spacial score (nSPS) is 19.0. The van der Waals surface area contributed by atoms with Gasteiger partial charge in [-0.05, 0) is 120 Å². The number of nitrogens with zero attached hydrogens (tertiary/aromatic N) is 7. The zero-order valence-corrected chi connectivity index (χ0v) is 43.0. The van der Waals surface area contributed by atoms with Crippen LogP contribution in [0.2, 0.25) is 0 Å². The van der Waals surface area contributed by atoms with Gasteiger partial charge in [0, 0.05) is 60.3 Å². The molecule has 0 atom stereocenters. The molecule has 1 aromatic rings. The maximum absolute atomic E-state index is 11.2. The second kappa shape index (κ2) is 27.4. The molecule has 2 fully saturated rings. The number of piperidine rings is 2. The number of rotatable bonds is 33. The molecule has 2 aliphatic rings. The molecule has 2 N–H and O–H groups in total. The van der Waals surface area contributed by atoms with Crippen LogP contribution in [0.1, 0.15) is 237 Å². The second-order valence-electron chi connectivity index (χ2n) is 21.6. The van der Waals surface area contributed by atoms with Gasteiger partial charge in [-0.3, -0.25) is 14.5 Å². The molecule has 2 aliphatic heterocycles. The van der Waals surface area contributed by atoms with Gasteiger partial charge in [0.15, 0.2) is 0 Å². The summed E-state index contributed by atoms with van der Waals surface area (Å²) in [7, 11) is 0. The lowest BCUT2D eigenvalue weighted by Crippen LogP contribution is -2.64. The fourth-order valence-corrected chi connectivity index (χ4v) is 10.7. The Morgan fingerprint density at radius 2 is 0.921 bits per heavy atom. The first-order valence-electron chi connectivity index (χ1n) is 26.0. The highest BCUT2D eigenvalue weighted by atomic mass is 16.7. The van der Waals surface area contributed by atoms with E-state index in [1.165, 1.54) is 64.2 Å². The first-order valence-corrected chi connectivity index (χ1v) is 26.0. The van der Waals surface area contributed by atoms with E-state index < -0.39 is 5.97 Å². The lowest BCUT2D eigenvalue weighted by molar-refractivity contribution is -0.283. The van der Waals surface area contributed by atoms with Crippen molar-refractivity contribution in [3.63, 3.8) is 0 Å². The van der Waals surface area contributed by atoms with Gasteiger partial charge < -0.3 is 20.2 Å². The molecular formula is C51H98N8O4. The van der Waals surface area contributed by atoms with Crippen LogP contribution in [-0.4, -0.2) is 103 Å². The number of aliphatic carboxylic acids is 1. The molecule has 366 valence electrons. The molecule has 12 heteroatoms. The predicted molar refractivity (Wildman–Crippen MR) is 264 cm³/mol. The number of carboxylic acids is 1. The molecule has 2 saturated heterocycles. The predicted octanol–water partition coefficient (Wildman–Crippen LogP) is 12.8. The topological polar surface area (TPSA) is 119 Å². The zero-order valence-electron chi connectivity index (χ0n) is 43.0. The Labute approximate surface area is 386 Å². The lowest BCUT2D eigenvalue weighted by atomic mass is 9.78. The van der Waals surface area contributed by atoms with Gasteiger partial charge in [0.2, 0.25) is 17.8 Å². The SMILES string of the molecule is CCCCCCCCON1C(C)(C)CC(N(CCCC)c2nc(NCCCCCC(=O)O)nc(N(CCCC)C3CC(C)(C)N(OCCCCCCCC)C(C)(C)C3)n2)CC1(C)C. The van der Waals surface area contributed by atoms with Gasteiger partial charge in [0.05, 0.1) is 13.2 Å². The fourth-order valence-electron chi connectivity index (χ4n) is 10.7. The van der Waals surface area contributed by atoms with E-state index in [1.54, 1.807) is 0 Å². The lowest BCUT2D eigenvalue weighted by Gasteiger charge is -2.56. The highest BCUT2D eigenvalue weighted by Gasteiger charge is 2.50. The van der Waals surface area contributed by atoms with Crippen molar-refractivity contribution in [2.45, 2.75) is 271 Å². The quantitative estimate of drug-likeness (QED) is 0.0654. The summed E-state index contributed by atoms with van der Waals surface area (Å²) >= 11 is 0. The summed E-state index contributed by atoms with van der Waals surface area (Å²) in [5.74, 6) is 1.36. The number of anilines is 3. The van der Waals surface area contributed by atoms with Gasteiger partial charge in [0.25, 0.3) is 0 Å². The molecule has 0 unspecified atom stereocenters. The monoisotopic (exact) mass is 887 g/mol. The minimum absolute atomic E-state index is 0.193. The first kappa shape index (κ1) is 55.1. The molecule has 0 amide bonds. The maximum Gasteiger partial charge on any atom is 0.303 e. The molecule has 0 saturated carbocycles. The van der Waals surface area contributed by atoms with E-state index in [9.17, 15) is 9.90 Å². The Bertz CT molecular complexity index is 1300. The van der Waals surface area contributed by atoms with Crippen LogP contribution in [0.4, 0.5) is 17.8 Å². The molecular weight excluding hydrogens is 789 g/mol. The van der Waals surface area contributed by atoms with Crippen molar-refractivity contribution < 1.29 is 19.6 Å². The van der Waals surface area contributed by atoms with Crippen LogP contribution in [0.5, 0.6) is 0 Å². The number of hydrogen-bond donors (Lipinski definition) is 2.